The lowest BCUT2D eigenvalue weighted by molar-refractivity contribution is -0.140. The number of aliphatic hydroxyl groups excluding tert-OH is 1. The van der Waals surface area contributed by atoms with E-state index in [4.69, 9.17) is 23.7 Å². The second-order valence-electron chi connectivity index (χ2n) is 8.17. The van der Waals surface area contributed by atoms with Crippen molar-refractivity contribution in [3.63, 3.8) is 0 Å². The Morgan fingerprint density at radius 2 is 1.58 bits per heavy atom. The number of nitrogens with zero attached hydrogens (tertiary/aromatic N) is 1. The first-order chi connectivity index (χ1) is 17.4. The number of unbranched alkanes of at least 4 members (excludes halogenated alkanes) is 1. The fourth-order valence-electron chi connectivity index (χ4n) is 4.10. The number of rotatable bonds is 12. The lowest BCUT2D eigenvalue weighted by Crippen LogP contribution is -2.32. The van der Waals surface area contributed by atoms with Gasteiger partial charge in [0, 0.05) is 19.2 Å². The Hall–Kier alpha value is -3.72. The molecule has 1 aliphatic rings. The number of ether oxygens (including phenoxy) is 5. The van der Waals surface area contributed by atoms with Gasteiger partial charge in [0.15, 0.2) is 11.5 Å². The van der Waals surface area contributed by atoms with Crippen molar-refractivity contribution in [2.75, 3.05) is 48.2 Å². The zero-order chi connectivity index (χ0) is 26.2. The summed E-state index contributed by atoms with van der Waals surface area (Å²) in [4.78, 5) is 27.6. The summed E-state index contributed by atoms with van der Waals surface area (Å²) < 4.78 is 27.2. The second kappa shape index (κ2) is 12.3. The van der Waals surface area contributed by atoms with Crippen LogP contribution in [0.25, 0.3) is 5.76 Å². The monoisotopic (exact) mass is 499 g/mol. The highest BCUT2D eigenvalue weighted by molar-refractivity contribution is 6.46. The Morgan fingerprint density at radius 1 is 0.944 bits per heavy atom. The number of carbonyl (C=O) groups is 2. The lowest BCUT2D eigenvalue weighted by atomic mass is 9.94. The lowest BCUT2D eigenvalue weighted by Gasteiger charge is -2.26. The molecule has 9 nitrogen and oxygen atoms in total. The van der Waals surface area contributed by atoms with Crippen LogP contribution in [-0.4, -0.2) is 69.9 Å². The largest absolute Gasteiger partial charge is 0.507 e. The van der Waals surface area contributed by atoms with Crippen LogP contribution in [0, 0.1) is 0 Å². The highest BCUT2D eigenvalue weighted by Crippen LogP contribution is 2.45. The minimum atomic E-state index is -0.894. The second-order valence-corrected chi connectivity index (χ2v) is 8.17. The van der Waals surface area contributed by atoms with E-state index in [1.165, 1.54) is 33.3 Å². The van der Waals surface area contributed by atoms with Gasteiger partial charge in [-0.2, -0.15) is 0 Å². The summed E-state index contributed by atoms with van der Waals surface area (Å²) in [6, 6.07) is 9.19. The quantitative estimate of drug-likeness (QED) is 0.203. The summed E-state index contributed by atoms with van der Waals surface area (Å²) in [6.45, 7) is 3.02. The third-order valence-corrected chi connectivity index (χ3v) is 5.97. The molecule has 1 fully saturated rings. The molecule has 0 aliphatic carbocycles. The van der Waals surface area contributed by atoms with Gasteiger partial charge in [0.25, 0.3) is 11.7 Å². The Labute approximate surface area is 211 Å². The molecule has 1 N–H and O–H groups in total. The van der Waals surface area contributed by atoms with Gasteiger partial charge in [-0.15, -0.1) is 0 Å². The van der Waals surface area contributed by atoms with Gasteiger partial charge in [0.2, 0.25) is 5.75 Å². The molecule has 0 bridgehead atoms. The molecular weight excluding hydrogens is 466 g/mol. The molecule has 0 aromatic heterocycles. The van der Waals surface area contributed by atoms with Gasteiger partial charge >= 0.3 is 0 Å². The number of hydrogen-bond acceptors (Lipinski definition) is 8. The van der Waals surface area contributed by atoms with Crippen molar-refractivity contribution in [3.8, 4) is 23.0 Å². The van der Waals surface area contributed by atoms with Gasteiger partial charge in [0.05, 0.1) is 46.2 Å². The number of likely N-dealkylation sites (tertiary alicyclic amines) is 1. The van der Waals surface area contributed by atoms with Crippen molar-refractivity contribution in [1.82, 2.24) is 4.90 Å². The number of aliphatic hydroxyl groups is 1. The minimum absolute atomic E-state index is 0.0370. The Morgan fingerprint density at radius 3 is 2.11 bits per heavy atom. The van der Waals surface area contributed by atoms with Crippen molar-refractivity contribution in [3.05, 3.63) is 53.1 Å². The highest BCUT2D eigenvalue weighted by atomic mass is 16.5. The van der Waals surface area contributed by atoms with Crippen molar-refractivity contribution < 1.29 is 38.4 Å². The SMILES string of the molecule is CCCCOc1ccc(C(O)=C2C(=O)C(=O)N(CCOC)[C@H]2c2cc(OC)c(OC)c(OC)c2)cc1. The smallest absolute Gasteiger partial charge is 0.295 e. The maximum absolute atomic E-state index is 13.2. The van der Waals surface area contributed by atoms with Crippen LogP contribution in [-0.2, 0) is 14.3 Å². The summed E-state index contributed by atoms with van der Waals surface area (Å²) in [5, 5.41) is 11.3. The standard InChI is InChI=1S/C27H33NO8/c1-6-7-13-36-19-10-8-17(9-11-19)24(29)22-23(28(12-14-32-2)27(31)25(22)30)18-15-20(33-3)26(35-5)21(16-18)34-4/h8-11,15-16,23,29H,6-7,12-14H2,1-5H3/t23-/m0/s1. The van der Waals surface area contributed by atoms with E-state index in [9.17, 15) is 14.7 Å². The Balaban J connectivity index is 2.13. The van der Waals surface area contributed by atoms with Crippen molar-refractivity contribution in [2.24, 2.45) is 0 Å². The third-order valence-electron chi connectivity index (χ3n) is 5.97. The van der Waals surface area contributed by atoms with Gasteiger partial charge in [0.1, 0.15) is 11.5 Å². The molecule has 3 rings (SSSR count). The summed E-state index contributed by atoms with van der Waals surface area (Å²) in [5.41, 5.74) is 0.867. The average molecular weight is 500 g/mol. The molecule has 0 radical (unpaired) electrons. The van der Waals surface area contributed by atoms with Crippen molar-refractivity contribution in [1.29, 1.82) is 0 Å². The van der Waals surface area contributed by atoms with Gasteiger partial charge in [-0.3, -0.25) is 9.59 Å². The van der Waals surface area contributed by atoms with Gasteiger partial charge in [-0.05, 0) is 48.4 Å². The highest BCUT2D eigenvalue weighted by Gasteiger charge is 2.46. The summed E-state index contributed by atoms with van der Waals surface area (Å²) in [5.74, 6) is -0.0573. The number of methoxy groups -OCH3 is 4. The maximum Gasteiger partial charge on any atom is 0.295 e. The van der Waals surface area contributed by atoms with Crippen LogP contribution >= 0.6 is 0 Å². The summed E-state index contributed by atoms with van der Waals surface area (Å²) in [7, 11) is 5.95. The van der Waals surface area contributed by atoms with Crippen LogP contribution < -0.4 is 18.9 Å². The normalized spacial score (nSPS) is 16.8. The van der Waals surface area contributed by atoms with Gasteiger partial charge in [-0.25, -0.2) is 0 Å². The summed E-state index contributed by atoms with van der Waals surface area (Å²) in [6.07, 6.45) is 1.95. The molecule has 0 spiro atoms. The first-order valence-electron chi connectivity index (χ1n) is 11.7. The van der Waals surface area contributed by atoms with E-state index in [1.807, 2.05) is 0 Å². The van der Waals surface area contributed by atoms with E-state index in [2.05, 4.69) is 6.92 Å². The van der Waals surface area contributed by atoms with E-state index in [-0.39, 0.29) is 24.5 Å². The number of Topliss-reactive ketones (excluding diaryl/α,β-unsaturated/α-hetero) is 1. The van der Waals surface area contributed by atoms with Gasteiger partial charge in [-0.1, -0.05) is 13.3 Å². The number of hydrogen-bond donors (Lipinski definition) is 1. The first kappa shape index (κ1) is 26.9. The zero-order valence-corrected chi connectivity index (χ0v) is 21.3. The molecule has 1 aliphatic heterocycles. The van der Waals surface area contributed by atoms with E-state index in [0.717, 1.165) is 12.8 Å². The van der Waals surface area contributed by atoms with Crippen molar-refractivity contribution >= 4 is 17.4 Å². The molecular formula is C27H33NO8. The molecule has 0 unspecified atom stereocenters. The van der Waals surface area contributed by atoms with E-state index >= 15 is 0 Å². The number of amides is 1. The number of carbonyl (C=O) groups excluding carboxylic acids is 2. The molecule has 1 amide bonds. The fraction of sp³-hybridized carbons (Fsp3) is 0.407. The molecule has 0 saturated carbocycles. The topological polar surface area (TPSA) is 104 Å². The Kier molecular flexibility index (Phi) is 9.19. The fourth-order valence-corrected chi connectivity index (χ4v) is 4.10. The molecule has 1 saturated heterocycles. The Bertz CT molecular complexity index is 1080. The van der Waals surface area contributed by atoms with Crippen molar-refractivity contribution in [2.45, 2.75) is 25.8 Å². The van der Waals surface area contributed by atoms with Crippen LogP contribution in [0.2, 0.25) is 0 Å². The molecule has 9 heteroatoms. The molecule has 1 atom stereocenters. The van der Waals surface area contributed by atoms with Crippen LogP contribution in [0.4, 0.5) is 0 Å². The zero-order valence-electron chi connectivity index (χ0n) is 21.3. The van der Waals surface area contributed by atoms with E-state index < -0.39 is 17.7 Å². The number of ketones is 1. The summed E-state index contributed by atoms with van der Waals surface area (Å²) >= 11 is 0. The molecule has 36 heavy (non-hydrogen) atoms. The predicted molar refractivity (Wildman–Crippen MR) is 134 cm³/mol. The van der Waals surface area contributed by atoms with Crippen LogP contribution in [0.3, 0.4) is 0 Å². The first-order valence-corrected chi connectivity index (χ1v) is 11.7. The molecule has 2 aromatic rings. The molecule has 2 aromatic carbocycles. The third kappa shape index (κ3) is 5.41. The average Bonchev–Trinajstić information content (AvgIpc) is 3.15. The van der Waals surface area contributed by atoms with Crippen LogP contribution in [0.15, 0.2) is 42.0 Å². The molecule has 194 valence electrons. The predicted octanol–water partition coefficient (Wildman–Crippen LogP) is 3.96. The van der Waals surface area contributed by atoms with E-state index in [1.54, 1.807) is 36.4 Å². The number of benzene rings is 2. The minimum Gasteiger partial charge on any atom is -0.507 e. The maximum atomic E-state index is 13.2. The van der Waals surface area contributed by atoms with Crippen LogP contribution in [0.5, 0.6) is 23.0 Å². The van der Waals surface area contributed by atoms with E-state index in [0.29, 0.717) is 40.7 Å². The van der Waals surface area contributed by atoms with Crippen LogP contribution in [0.1, 0.15) is 36.9 Å². The molecule has 1 heterocycles. The van der Waals surface area contributed by atoms with Gasteiger partial charge < -0.3 is 33.7 Å².